The Morgan fingerprint density at radius 3 is 2.95 bits per heavy atom. The van der Waals surface area contributed by atoms with Gasteiger partial charge in [-0.3, -0.25) is 14.6 Å². The molecule has 0 spiro atoms. The first-order valence-corrected chi connectivity index (χ1v) is 7.78. The molecule has 2 atom stereocenters. The van der Waals surface area contributed by atoms with Gasteiger partial charge in [0.05, 0.1) is 12.0 Å². The number of ether oxygens (including phenoxy) is 1. The number of hydrogen-bond acceptors (Lipinski definition) is 4. The van der Waals surface area contributed by atoms with Crippen molar-refractivity contribution in [3.63, 3.8) is 0 Å². The van der Waals surface area contributed by atoms with E-state index in [-0.39, 0.29) is 23.8 Å². The first-order chi connectivity index (χ1) is 10.7. The topological polar surface area (TPSA) is 71.5 Å². The Bertz CT molecular complexity index is 529. The fourth-order valence-corrected chi connectivity index (χ4v) is 2.97. The molecule has 118 valence electrons. The maximum Gasteiger partial charge on any atom is 0.225 e. The van der Waals surface area contributed by atoms with Crippen LogP contribution >= 0.6 is 0 Å². The molecular formula is C16H21N3O3. The highest BCUT2D eigenvalue weighted by Gasteiger charge is 2.34. The first kappa shape index (κ1) is 15.0. The monoisotopic (exact) mass is 303 g/mol. The van der Waals surface area contributed by atoms with Crippen LogP contribution in [0.4, 0.5) is 0 Å². The number of rotatable bonds is 5. The third-order valence-electron chi connectivity index (χ3n) is 4.24. The van der Waals surface area contributed by atoms with Crippen molar-refractivity contribution in [3.05, 3.63) is 30.1 Å². The molecule has 2 unspecified atom stereocenters. The van der Waals surface area contributed by atoms with E-state index in [2.05, 4.69) is 10.3 Å². The van der Waals surface area contributed by atoms with Gasteiger partial charge >= 0.3 is 0 Å². The Kier molecular flexibility index (Phi) is 4.68. The quantitative estimate of drug-likeness (QED) is 0.870. The minimum atomic E-state index is -0.254. The number of amides is 2. The van der Waals surface area contributed by atoms with Gasteiger partial charge in [-0.25, -0.2) is 0 Å². The van der Waals surface area contributed by atoms with Crippen LogP contribution in [0.5, 0.6) is 0 Å². The molecule has 2 amide bonds. The van der Waals surface area contributed by atoms with Gasteiger partial charge < -0.3 is 15.0 Å². The van der Waals surface area contributed by atoms with Gasteiger partial charge in [-0.2, -0.15) is 0 Å². The van der Waals surface area contributed by atoms with E-state index in [1.165, 1.54) is 0 Å². The molecule has 1 aromatic rings. The van der Waals surface area contributed by atoms with Crippen LogP contribution in [0.15, 0.2) is 24.5 Å². The second-order valence-corrected chi connectivity index (χ2v) is 5.91. The summed E-state index contributed by atoms with van der Waals surface area (Å²) < 4.78 is 5.49. The van der Waals surface area contributed by atoms with Crippen molar-refractivity contribution in [3.8, 4) is 0 Å². The van der Waals surface area contributed by atoms with Crippen LogP contribution in [0.1, 0.15) is 24.8 Å². The molecule has 2 saturated heterocycles. The standard InChI is InChI=1S/C16H21N3O3/c20-15-8-13(16(21)18-9-14-2-1-7-22-14)11-19(15)10-12-3-5-17-6-4-12/h3-6,13-14H,1-2,7-11H2,(H,18,21). The number of carbonyl (C=O) groups is 2. The van der Waals surface area contributed by atoms with Gasteiger partial charge in [-0.15, -0.1) is 0 Å². The molecule has 2 aliphatic rings. The lowest BCUT2D eigenvalue weighted by Gasteiger charge is -2.17. The fraction of sp³-hybridized carbons (Fsp3) is 0.562. The summed E-state index contributed by atoms with van der Waals surface area (Å²) >= 11 is 0. The molecule has 1 N–H and O–H groups in total. The van der Waals surface area contributed by atoms with Crippen LogP contribution in [0.3, 0.4) is 0 Å². The minimum Gasteiger partial charge on any atom is -0.376 e. The van der Waals surface area contributed by atoms with Crippen molar-refractivity contribution < 1.29 is 14.3 Å². The van der Waals surface area contributed by atoms with Gasteiger partial charge in [-0.1, -0.05) is 0 Å². The number of carbonyl (C=O) groups excluding carboxylic acids is 2. The van der Waals surface area contributed by atoms with E-state index in [0.717, 1.165) is 25.0 Å². The summed E-state index contributed by atoms with van der Waals surface area (Å²) in [6.45, 7) is 2.35. The number of hydrogen-bond donors (Lipinski definition) is 1. The summed E-state index contributed by atoms with van der Waals surface area (Å²) in [5.41, 5.74) is 1.03. The highest BCUT2D eigenvalue weighted by Crippen LogP contribution is 2.20. The van der Waals surface area contributed by atoms with E-state index in [9.17, 15) is 9.59 Å². The van der Waals surface area contributed by atoms with E-state index >= 15 is 0 Å². The third-order valence-corrected chi connectivity index (χ3v) is 4.24. The molecular weight excluding hydrogens is 282 g/mol. The summed E-state index contributed by atoms with van der Waals surface area (Å²) in [5.74, 6) is -0.258. The minimum absolute atomic E-state index is 0.0362. The van der Waals surface area contributed by atoms with E-state index in [1.807, 2.05) is 12.1 Å². The van der Waals surface area contributed by atoms with Crippen LogP contribution in [-0.4, -0.2) is 47.5 Å². The molecule has 0 radical (unpaired) electrons. The lowest BCUT2D eigenvalue weighted by Crippen LogP contribution is -2.37. The van der Waals surface area contributed by atoms with Crippen molar-refractivity contribution in [1.29, 1.82) is 0 Å². The fourth-order valence-electron chi connectivity index (χ4n) is 2.97. The van der Waals surface area contributed by atoms with Crippen LogP contribution in [0.25, 0.3) is 0 Å². The lowest BCUT2D eigenvalue weighted by atomic mass is 10.1. The Balaban J connectivity index is 1.49. The number of nitrogens with zero attached hydrogens (tertiary/aromatic N) is 2. The van der Waals surface area contributed by atoms with E-state index in [0.29, 0.717) is 26.1 Å². The second kappa shape index (κ2) is 6.87. The van der Waals surface area contributed by atoms with Crippen LogP contribution in [0, 0.1) is 5.92 Å². The second-order valence-electron chi connectivity index (χ2n) is 5.91. The lowest BCUT2D eigenvalue weighted by molar-refractivity contribution is -0.129. The maximum absolute atomic E-state index is 12.2. The molecule has 2 fully saturated rings. The van der Waals surface area contributed by atoms with Crippen LogP contribution < -0.4 is 5.32 Å². The molecule has 0 saturated carbocycles. The van der Waals surface area contributed by atoms with Crippen LogP contribution in [0.2, 0.25) is 0 Å². The molecule has 6 heteroatoms. The molecule has 0 bridgehead atoms. The predicted molar refractivity (Wildman–Crippen MR) is 79.7 cm³/mol. The zero-order valence-electron chi connectivity index (χ0n) is 12.5. The predicted octanol–water partition coefficient (Wildman–Crippen LogP) is 0.725. The highest BCUT2D eigenvalue weighted by molar-refractivity contribution is 5.89. The number of nitrogens with one attached hydrogen (secondary N) is 1. The zero-order valence-corrected chi connectivity index (χ0v) is 12.5. The SMILES string of the molecule is O=C(NCC1CCCO1)C1CC(=O)N(Cc2ccncc2)C1. The number of likely N-dealkylation sites (tertiary alicyclic amines) is 1. The molecule has 6 nitrogen and oxygen atoms in total. The van der Waals surface area contributed by atoms with Crippen molar-refractivity contribution in [1.82, 2.24) is 15.2 Å². The average Bonchev–Trinajstić information content (AvgIpc) is 3.16. The molecule has 3 rings (SSSR count). The molecule has 0 aromatic carbocycles. The van der Waals surface area contributed by atoms with Crippen molar-refractivity contribution in [2.75, 3.05) is 19.7 Å². The van der Waals surface area contributed by atoms with Gasteiger partial charge in [0.25, 0.3) is 0 Å². The van der Waals surface area contributed by atoms with Gasteiger partial charge in [0.2, 0.25) is 11.8 Å². The average molecular weight is 303 g/mol. The Morgan fingerprint density at radius 1 is 1.41 bits per heavy atom. The van der Waals surface area contributed by atoms with Gasteiger partial charge in [0.1, 0.15) is 0 Å². The molecule has 3 heterocycles. The number of pyridine rings is 1. The smallest absolute Gasteiger partial charge is 0.225 e. The van der Waals surface area contributed by atoms with E-state index in [4.69, 9.17) is 4.74 Å². The van der Waals surface area contributed by atoms with Gasteiger partial charge in [0.15, 0.2) is 0 Å². The Hall–Kier alpha value is -1.95. The maximum atomic E-state index is 12.2. The highest BCUT2D eigenvalue weighted by atomic mass is 16.5. The summed E-state index contributed by atoms with van der Waals surface area (Å²) in [6.07, 6.45) is 5.90. The van der Waals surface area contributed by atoms with E-state index < -0.39 is 0 Å². The van der Waals surface area contributed by atoms with E-state index in [1.54, 1.807) is 17.3 Å². The van der Waals surface area contributed by atoms with Gasteiger partial charge in [-0.05, 0) is 30.5 Å². The normalized spacial score (nSPS) is 24.7. The third kappa shape index (κ3) is 3.62. The number of aromatic nitrogens is 1. The summed E-state index contributed by atoms with van der Waals surface area (Å²) in [5, 5.41) is 2.92. The van der Waals surface area contributed by atoms with Crippen molar-refractivity contribution in [2.24, 2.45) is 5.92 Å². The molecule has 2 aliphatic heterocycles. The Morgan fingerprint density at radius 2 is 2.23 bits per heavy atom. The summed E-state index contributed by atoms with van der Waals surface area (Å²) in [7, 11) is 0. The van der Waals surface area contributed by atoms with Crippen molar-refractivity contribution in [2.45, 2.75) is 31.9 Å². The summed E-state index contributed by atoms with van der Waals surface area (Å²) in [6, 6.07) is 3.77. The van der Waals surface area contributed by atoms with Gasteiger partial charge in [0, 0.05) is 45.1 Å². The zero-order chi connectivity index (χ0) is 15.4. The van der Waals surface area contributed by atoms with Crippen LogP contribution in [-0.2, 0) is 20.9 Å². The molecule has 0 aliphatic carbocycles. The van der Waals surface area contributed by atoms with Crippen molar-refractivity contribution >= 4 is 11.8 Å². The molecule has 1 aromatic heterocycles. The molecule has 22 heavy (non-hydrogen) atoms. The largest absolute Gasteiger partial charge is 0.376 e. The first-order valence-electron chi connectivity index (χ1n) is 7.78. The summed E-state index contributed by atoms with van der Waals surface area (Å²) in [4.78, 5) is 30.0. The Labute approximate surface area is 129 Å².